The van der Waals surface area contributed by atoms with Crippen LogP contribution < -0.4 is 0 Å². The van der Waals surface area contributed by atoms with Gasteiger partial charge in [0.2, 0.25) is 5.91 Å². The van der Waals surface area contributed by atoms with E-state index in [9.17, 15) is 31.6 Å². The summed E-state index contributed by atoms with van der Waals surface area (Å²) in [5.74, 6) is -4.09. The van der Waals surface area contributed by atoms with Gasteiger partial charge < -0.3 is 9.80 Å². The fraction of sp³-hybridized carbons (Fsp3) is 0.348. The summed E-state index contributed by atoms with van der Waals surface area (Å²) in [5, 5.41) is 0. The number of hydrogen-bond acceptors (Lipinski definition) is 5. The van der Waals surface area contributed by atoms with Gasteiger partial charge in [0.1, 0.15) is 0 Å². The molecule has 2 heterocycles. The van der Waals surface area contributed by atoms with Gasteiger partial charge in [0.05, 0.1) is 23.0 Å². The molecule has 0 bridgehead atoms. The summed E-state index contributed by atoms with van der Waals surface area (Å²) < 4.78 is 50.2. The summed E-state index contributed by atoms with van der Waals surface area (Å²) >= 11 is 0. The number of sulfone groups is 1. The van der Waals surface area contributed by atoms with Crippen LogP contribution in [0.2, 0.25) is 0 Å². The molecule has 2 aromatic rings. The van der Waals surface area contributed by atoms with Crippen molar-refractivity contribution in [3.63, 3.8) is 0 Å². The molecule has 4 rings (SSSR count). The van der Waals surface area contributed by atoms with Crippen molar-refractivity contribution in [3.05, 3.63) is 70.8 Å². The maximum absolute atomic E-state index is 13.6. The Hall–Kier alpha value is -3.14. The molecule has 0 radical (unpaired) electrons. The van der Waals surface area contributed by atoms with E-state index < -0.39 is 39.1 Å². The zero-order valence-corrected chi connectivity index (χ0v) is 18.5. The van der Waals surface area contributed by atoms with E-state index in [0.29, 0.717) is 6.42 Å². The molecule has 2 aliphatic heterocycles. The second kappa shape index (κ2) is 9.01. The Morgan fingerprint density at radius 2 is 1.48 bits per heavy atom. The molecule has 0 aromatic heterocycles. The Balaban J connectivity index is 1.46. The number of piperazine rings is 1. The molecule has 33 heavy (non-hydrogen) atoms. The molecule has 0 saturated carbocycles. The van der Waals surface area contributed by atoms with Crippen LogP contribution in [0.5, 0.6) is 0 Å². The molecule has 2 aromatic carbocycles. The van der Waals surface area contributed by atoms with E-state index in [2.05, 4.69) is 0 Å². The molecule has 2 aliphatic rings. The molecule has 2 amide bonds. The van der Waals surface area contributed by atoms with Crippen LogP contribution in [0.25, 0.3) is 0 Å². The second-order valence-electron chi connectivity index (χ2n) is 8.22. The number of nitrogens with zero attached hydrogens (tertiary/aromatic N) is 2. The Morgan fingerprint density at radius 1 is 0.848 bits per heavy atom. The summed E-state index contributed by atoms with van der Waals surface area (Å²) in [6, 6.07) is 8.96. The Morgan fingerprint density at radius 3 is 2.09 bits per heavy atom. The highest BCUT2D eigenvalue weighted by molar-refractivity contribution is 7.91. The quantitative estimate of drug-likeness (QED) is 0.629. The van der Waals surface area contributed by atoms with E-state index in [0.717, 1.165) is 18.2 Å². The van der Waals surface area contributed by atoms with Crippen LogP contribution in [0.3, 0.4) is 0 Å². The van der Waals surface area contributed by atoms with Crippen LogP contribution >= 0.6 is 0 Å². The summed E-state index contributed by atoms with van der Waals surface area (Å²) in [5.41, 5.74) is 0.133. The van der Waals surface area contributed by atoms with Gasteiger partial charge in [0.15, 0.2) is 27.3 Å². The number of rotatable bonds is 4. The zero-order valence-electron chi connectivity index (χ0n) is 17.7. The van der Waals surface area contributed by atoms with Gasteiger partial charge >= 0.3 is 0 Å². The van der Waals surface area contributed by atoms with E-state index in [4.69, 9.17) is 0 Å². The van der Waals surface area contributed by atoms with Crippen LogP contribution in [0.15, 0.2) is 42.5 Å². The van der Waals surface area contributed by atoms with Gasteiger partial charge in [-0.15, -0.1) is 0 Å². The lowest BCUT2D eigenvalue weighted by Crippen LogP contribution is -2.52. The minimum atomic E-state index is -3.17. The van der Waals surface area contributed by atoms with Crippen molar-refractivity contribution in [3.8, 4) is 0 Å². The van der Waals surface area contributed by atoms with Crippen molar-refractivity contribution in [2.45, 2.75) is 6.42 Å². The molecule has 0 N–H and O–H groups in total. The van der Waals surface area contributed by atoms with Gasteiger partial charge in [-0.2, -0.15) is 0 Å². The lowest BCUT2D eigenvalue weighted by molar-refractivity contribution is -0.136. The normalized spacial score (nSPS) is 20.0. The van der Waals surface area contributed by atoms with Crippen molar-refractivity contribution in [1.82, 2.24) is 9.80 Å². The van der Waals surface area contributed by atoms with Gasteiger partial charge in [0.25, 0.3) is 5.91 Å². The number of amides is 2. The number of carbonyl (C=O) groups is 3. The lowest BCUT2D eigenvalue weighted by Gasteiger charge is -2.36. The average Bonchev–Trinajstić information content (AvgIpc) is 3.19. The van der Waals surface area contributed by atoms with Gasteiger partial charge in [-0.05, 0) is 30.7 Å². The third-order valence-corrected chi connectivity index (χ3v) is 7.81. The fourth-order valence-corrected chi connectivity index (χ4v) is 5.94. The number of ketones is 1. The maximum atomic E-state index is 13.6. The van der Waals surface area contributed by atoms with Gasteiger partial charge in [-0.3, -0.25) is 14.4 Å². The lowest BCUT2D eigenvalue weighted by atomic mass is 9.97. The number of carbonyl (C=O) groups excluding carboxylic acids is 3. The molecular weight excluding hydrogens is 454 g/mol. The van der Waals surface area contributed by atoms with Crippen molar-refractivity contribution in [2.24, 2.45) is 5.92 Å². The van der Waals surface area contributed by atoms with Crippen molar-refractivity contribution in [1.29, 1.82) is 0 Å². The summed E-state index contributed by atoms with van der Waals surface area (Å²) in [6.07, 6.45) is 0.319. The predicted octanol–water partition coefficient (Wildman–Crippen LogP) is 1.91. The van der Waals surface area contributed by atoms with E-state index in [1.165, 1.54) is 17.0 Å². The van der Waals surface area contributed by atoms with Gasteiger partial charge in [0, 0.05) is 37.3 Å². The van der Waals surface area contributed by atoms with Gasteiger partial charge in [-0.25, -0.2) is 17.2 Å². The van der Waals surface area contributed by atoms with Crippen LogP contribution in [0.1, 0.15) is 32.7 Å². The predicted molar refractivity (Wildman–Crippen MR) is 115 cm³/mol. The first kappa shape index (κ1) is 23.0. The smallest absolute Gasteiger partial charge is 0.254 e. The standard InChI is InChI=1S/C23H22F2N2O5S/c24-19-6-5-15(13-20(19)25)21(28)17-3-1-2-4-18(17)23(30)27-10-8-26(9-11-27)22(29)16-7-12-33(31,32)14-16/h1-6,13,16H,7-12,14H2/t16-/m1/s1. The van der Waals surface area contributed by atoms with Crippen LogP contribution in [-0.4, -0.2) is 73.5 Å². The molecule has 1 atom stereocenters. The van der Waals surface area contributed by atoms with Crippen LogP contribution in [-0.2, 0) is 14.6 Å². The highest BCUT2D eigenvalue weighted by atomic mass is 32.2. The molecule has 0 unspecified atom stereocenters. The molecule has 0 aliphatic carbocycles. The minimum Gasteiger partial charge on any atom is -0.339 e. The third-order valence-electron chi connectivity index (χ3n) is 6.04. The molecule has 10 heteroatoms. The first-order valence-corrected chi connectivity index (χ1v) is 12.4. The van der Waals surface area contributed by atoms with Crippen molar-refractivity contribution >= 4 is 27.4 Å². The topological polar surface area (TPSA) is 91.8 Å². The molecule has 7 nitrogen and oxygen atoms in total. The minimum absolute atomic E-state index is 0.0185. The molecular formula is C23H22F2N2O5S. The molecule has 2 fully saturated rings. The molecule has 174 valence electrons. The van der Waals surface area contributed by atoms with Gasteiger partial charge in [-0.1, -0.05) is 18.2 Å². The van der Waals surface area contributed by atoms with E-state index >= 15 is 0 Å². The van der Waals surface area contributed by atoms with Crippen molar-refractivity contribution < 1.29 is 31.6 Å². The number of hydrogen-bond donors (Lipinski definition) is 0. The Kier molecular flexibility index (Phi) is 6.29. The van der Waals surface area contributed by atoms with E-state index in [-0.39, 0.29) is 60.3 Å². The monoisotopic (exact) mass is 476 g/mol. The van der Waals surface area contributed by atoms with E-state index in [1.54, 1.807) is 17.0 Å². The largest absolute Gasteiger partial charge is 0.339 e. The molecule has 0 spiro atoms. The van der Waals surface area contributed by atoms with Crippen LogP contribution in [0.4, 0.5) is 8.78 Å². The molecule has 2 saturated heterocycles. The number of benzene rings is 2. The maximum Gasteiger partial charge on any atom is 0.254 e. The average molecular weight is 477 g/mol. The first-order valence-electron chi connectivity index (χ1n) is 10.5. The summed E-state index contributed by atoms with van der Waals surface area (Å²) in [4.78, 5) is 41.8. The summed E-state index contributed by atoms with van der Waals surface area (Å²) in [7, 11) is -3.17. The van der Waals surface area contributed by atoms with E-state index in [1.807, 2.05) is 0 Å². The fourth-order valence-electron chi connectivity index (χ4n) is 4.21. The SMILES string of the molecule is O=C(c1ccc(F)c(F)c1)c1ccccc1C(=O)N1CCN(C(=O)[C@@H]2CCS(=O)(=O)C2)CC1. The highest BCUT2D eigenvalue weighted by Crippen LogP contribution is 2.23. The second-order valence-corrected chi connectivity index (χ2v) is 10.4. The van der Waals surface area contributed by atoms with Crippen LogP contribution in [0, 0.1) is 17.6 Å². The highest BCUT2D eigenvalue weighted by Gasteiger charge is 2.37. The number of halogens is 2. The zero-order chi connectivity index (χ0) is 23.8. The third kappa shape index (κ3) is 4.80. The Bertz CT molecular complexity index is 1220. The first-order chi connectivity index (χ1) is 15.7. The Labute approximate surface area is 189 Å². The van der Waals surface area contributed by atoms with Crippen molar-refractivity contribution in [2.75, 3.05) is 37.7 Å². The summed E-state index contributed by atoms with van der Waals surface area (Å²) in [6.45, 7) is 0.996.